The minimum atomic E-state index is -0.109. The molecule has 2 heterocycles. The van der Waals surface area contributed by atoms with E-state index in [4.69, 9.17) is 4.74 Å². The molecule has 1 amide bonds. The van der Waals surface area contributed by atoms with Crippen LogP contribution in [0.25, 0.3) is 21.3 Å². The monoisotopic (exact) mass is 461 g/mol. The molecular formula is C26H27N3O3S. The van der Waals surface area contributed by atoms with Crippen molar-refractivity contribution in [3.05, 3.63) is 82.2 Å². The number of aromatic nitrogens is 2. The largest absolute Gasteiger partial charge is 0.494 e. The average Bonchev–Trinajstić information content (AvgIpc) is 3.27. The number of para-hydroxylation sites is 1. The molecule has 0 aliphatic heterocycles. The van der Waals surface area contributed by atoms with Gasteiger partial charge in [0.1, 0.15) is 10.6 Å². The molecule has 4 aromatic rings. The number of aryl methyl sites for hydroxylation is 2. The van der Waals surface area contributed by atoms with Gasteiger partial charge in [0.25, 0.3) is 5.56 Å². The van der Waals surface area contributed by atoms with E-state index in [-0.39, 0.29) is 17.9 Å². The van der Waals surface area contributed by atoms with Crippen molar-refractivity contribution >= 4 is 27.5 Å². The van der Waals surface area contributed by atoms with E-state index in [2.05, 4.69) is 10.3 Å². The molecule has 0 aliphatic carbocycles. The predicted octanol–water partition coefficient (Wildman–Crippen LogP) is 4.80. The van der Waals surface area contributed by atoms with Crippen LogP contribution in [-0.4, -0.2) is 28.6 Å². The second kappa shape index (κ2) is 10.9. The molecule has 0 radical (unpaired) electrons. The van der Waals surface area contributed by atoms with Crippen LogP contribution in [0.15, 0.2) is 71.1 Å². The number of nitrogens with zero attached hydrogens (tertiary/aromatic N) is 2. The van der Waals surface area contributed by atoms with Crippen LogP contribution in [0, 0.1) is 6.92 Å². The molecule has 2 aromatic heterocycles. The Balaban J connectivity index is 1.28. The number of thiophene rings is 1. The number of amides is 1. The first-order chi connectivity index (χ1) is 16.1. The first-order valence-corrected chi connectivity index (χ1v) is 12.0. The second-order valence-corrected chi connectivity index (χ2v) is 8.77. The number of ether oxygens (including phenoxy) is 1. The number of rotatable bonds is 10. The number of fused-ring (bicyclic) bond motifs is 1. The summed E-state index contributed by atoms with van der Waals surface area (Å²) in [5.74, 6) is 0.781. The van der Waals surface area contributed by atoms with Gasteiger partial charge < -0.3 is 10.1 Å². The zero-order valence-corrected chi connectivity index (χ0v) is 19.4. The van der Waals surface area contributed by atoms with Gasteiger partial charge in [-0.2, -0.15) is 0 Å². The Labute approximate surface area is 196 Å². The van der Waals surface area contributed by atoms with Crippen molar-refractivity contribution in [3.63, 3.8) is 0 Å². The van der Waals surface area contributed by atoms with Crippen LogP contribution < -0.4 is 15.6 Å². The van der Waals surface area contributed by atoms with Crippen molar-refractivity contribution in [2.45, 2.75) is 32.7 Å². The van der Waals surface area contributed by atoms with Gasteiger partial charge in [-0.25, -0.2) is 4.98 Å². The van der Waals surface area contributed by atoms with Gasteiger partial charge in [-0.3, -0.25) is 14.2 Å². The van der Waals surface area contributed by atoms with E-state index in [0.717, 1.165) is 29.7 Å². The summed E-state index contributed by atoms with van der Waals surface area (Å²) >= 11 is 1.46. The second-order valence-electron chi connectivity index (χ2n) is 7.91. The normalized spacial score (nSPS) is 10.9. The summed E-state index contributed by atoms with van der Waals surface area (Å²) in [5, 5.41) is 5.51. The first-order valence-electron chi connectivity index (χ1n) is 11.1. The molecule has 0 atom stereocenters. The summed E-state index contributed by atoms with van der Waals surface area (Å²) < 4.78 is 7.18. The quantitative estimate of drug-likeness (QED) is 0.344. The van der Waals surface area contributed by atoms with E-state index >= 15 is 0 Å². The van der Waals surface area contributed by atoms with Crippen LogP contribution in [0.2, 0.25) is 0 Å². The number of benzene rings is 2. The van der Waals surface area contributed by atoms with E-state index in [1.54, 1.807) is 0 Å². The van der Waals surface area contributed by atoms with Crippen LogP contribution in [0.5, 0.6) is 5.75 Å². The number of carbonyl (C=O) groups excluding carboxylic acids is 1. The van der Waals surface area contributed by atoms with Crippen LogP contribution >= 0.6 is 11.3 Å². The van der Waals surface area contributed by atoms with Crippen LogP contribution in [0.4, 0.5) is 0 Å². The standard InChI is InChI=1S/C26H27N3O3S/c1-19-9-11-20(12-10-19)22-17-33-25-24(22)26(31)29(18-28-25)15-13-23(30)27-14-5-6-16-32-21-7-3-2-4-8-21/h2-4,7-12,17-18H,5-6,13-16H2,1H3,(H,27,30). The zero-order valence-electron chi connectivity index (χ0n) is 18.6. The molecule has 7 heteroatoms. The highest BCUT2D eigenvalue weighted by atomic mass is 32.1. The Morgan fingerprint density at radius 2 is 1.88 bits per heavy atom. The van der Waals surface area contributed by atoms with E-state index in [1.807, 2.05) is 66.9 Å². The third kappa shape index (κ3) is 5.87. The SMILES string of the molecule is Cc1ccc(-c2csc3ncn(CCC(=O)NCCCCOc4ccccc4)c(=O)c23)cc1. The smallest absolute Gasteiger partial charge is 0.262 e. The number of nitrogens with one attached hydrogen (secondary N) is 1. The van der Waals surface area contributed by atoms with Crippen molar-refractivity contribution in [2.75, 3.05) is 13.2 Å². The van der Waals surface area contributed by atoms with Gasteiger partial charge in [-0.1, -0.05) is 48.0 Å². The number of carbonyl (C=O) groups is 1. The molecule has 1 N–H and O–H groups in total. The lowest BCUT2D eigenvalue weighted by atomic mass is 10.1. The maximum absolute atomic E-state index is 13.1. The molecule has 0 aliphatic rings. The van der Waals surface area contributed by atoms with Gasteiger partial charge in [0.15, 0.2) is 0 Å². The maximum Gasteiger partial charge on any atom is 0.262 e. The summed E-state index contributed by atoms with van der Waals surface area (Å²) in [6, 6.07) is 17.8. The number of hydrogen-bond donors (Lipinski definition) is 1. The predicted molar refractivity (Wildman–Crippen MR) is 133 cm³/mol. The van der Waals surface area contributed by atoms with Gasteiger partial charge >= 0.3 is 0 Å². The van der Waals surface area contributed by atoms with Crippen LogP contribution in [-0.2, 0) is 11.3 Å². The molecule has 4 rings (SSSR count). The van der Waals surface area contributed by atoms with E-state index in [0.29, 0.717) is 29.9 Å². The summed E-state index contributed by atoms with van der Waals surface area (Å²) in [7, 11) is 0. The molecule has 0 saturated carbocycles. The highest BCUT2D eigenvalue weighted by Crippen LogP contribution is 2.30. The Hall–Kier alpha value is -3.45. The molecule has 170 valence electrons. The summed E-state index contributed by atoms with van der Waals surface area (Å²) in [6.07, 6.45) is 3.46. The fourth-order valence-corrected chi connectivity index (χ4v) is 4.45. The third-order valence-electron chi connectivity index (χ3n) is 5.41. The molecule has 0 bridgehead atoms. The van der Waals surface area contributed by atoms with E-state index in [9.17, 15) is 9.59 Å². The van der Waals surface area contributed by atoms with Crippen molar-refractivity contribution < 1.29 is 9.53 Å². The Morgan fingerprint density at radius 1 is 1.09 bits per heavy atom. The van der Waals surface area contributed by atoms with Crippen molar-refractivity contribution in [2.24, 2.45) is 0 Å². The molecule has 2 aromatic carbocycles. The minimum absolute atomic E-state index is 0.0740. The Kier molecular flexibility index (Phi) is 7.52. The van der Waals surface area contributed by atoms with Crippen molar-refractivity contribution in [3.8, 4) is 16.9 Å². The molecule has 0 fully saturated rings. The lowest BCUT2D eigenvalue weighted by Gasteiger charge is -2.08. The third-order valence-corrected chi connectivity index (χ3v) is 6.29. The van der Waals surface area contributed by atoms with Gasteiger partial charge in [0.2, 0.25) is 5.91 Å². The molecule has 0 saturated heterocycles. The zero-order chi connectivity index (χ0) is 23.0. The molecule has 0 unspecified atom stereocenters. The summed E-state index contributed by atoms with van der Waals surface area (Å²) in [4.78, 5) is 30.5. The van der Waals surface area contributed by atoms with Gasteiger partial charge in [0.05, 0.1) is 18.3 Å². The van der Waals surface area contributed by atoms with Gasteiger partial charge in [0, 0.05) is 30.5 Å². The highest BCUT2D eigenvalue weighted by molar-refractivity contribution is 7.17. The topological polar surface area (TPSA) is 73.2 Å². The van der Waals surface area contributed by atoms with E-state index < -0.39 is 0 Å². The Bertz CT molecular complexity index is 1260. The first kappa shape index (κ1) is 22.7. The summed E-state index contributed by atoms with van der Waals surface area (Å²) in [5.41, 5.74) is 2.95. The lowest BCUT2D eigenvalue weighted by Crippen LogP contribution is -2.28. The number of unbranched alkanes of at least 4 members (excludes halogenated alkanes) is 1. The van der Waals surface area contributed by atoms with Gasteiger partial charge in [-0.05, 0) is 37.5 Å². The van der Waals surface area contributed by atoms with Crippen LogP contribution in [0.3, 0.4) is 0 Å². The van der Waals surface area contributed by atoms with E-state index in [1.165, 1.54) is 27.8 Å². The maximum atomic E-state index is 13.1. The molecular weight excluding hydrogens is 434 g/mol. The molecule has 6 nitrogen and oxygen atoms in total. The fourth-order valence-electron chi connectivity index (χ4n) is 3.54. The Morgan fingerprint density at radius 3 is 2.67 bits per heavy atom. The minimum Gasteiger partial charge on any atom is -0.494 e. The van der Waals surface area contributed by atoms with Gasteiger partial charge in [-0.15, -0.1) is 11.3 Å². The summed E-state index contributed by atoms with van der Waals surface area (Å²) in [6.45, 7) is 3.54. The average molecular weight is 462 g/mol. The van der Waals surface area contributed by atoms with Crippen molar-refractivity contribution in [1.29, 1.82) is 0 Å². The molecule has 33 heavy (non-hydrogen) atoms. The van der Waals surface area contributed by atoms with Crippen LogP contribution in [0.1, 0.15) is 24.8 Å². The van der Waals surface area contributed by atoms with Crippen molar-refractivity contribution in [1.82, 2.24) is 14.9 Å². The molecule has 0 spiro atoms. The highest BCUT2D eigenvalue weighted by Gasteiger charge is 2.14. The fraction of sp³-hybridized carbons (Fsp3) is 0.269. The lowest BCUT2D eigenvalue weighted by molar-refractivity contribution is -0.121. The number of hydrogen-bond acceptors (Lipinski definition) is 5.